The molecule has 2 heterocycles. The van der Waals surface area contributed by atoms with Gasteiger partial charge in [-0.1, -0.05) is 12.8 Å². The Morgan fingerprint density at radius 2 is 1.96 bits per heavy atom. The summed E-state index contributed by atoms with van der Waals surface area (Å²) in [5, 5.41) is 9.32. The normalized spacial score (nSPS) is 30.2. The minimum Gasteiger partial charge on any atom is -0.459 e. The lowest BCUT2D eigenvalue weighted by molar-refractivity contribution is -0.179. The second-order valence-corrected chi connectivity index (χ2v) is 7.98. The molecule has 3 rings (SSSR count). The molecule has 148 valence electrons. The van der Waals surface area contributed by atoms with E-state index in [1.807, 2.05) is 11.8 Å². The summed E-state index contributed by atoms with van der Waals surface area (Å²) in [7, 11) is 0. The van der Waals surface area contributed by atoms with Crippen LogP contribution in [-0.2, 0) is 14.3 Å². The highest BCUT2D eigenvalue weighted by atomic mass is 16.7. The van der Waals surface area contributed by atoms with Crippen molar-refractivity contribution in [1.82, 2.24) is 4.90 Å². The molecule has 0 aromatic carbocycles. The van der Waals surface area contributed by atoms with E-state index in [1.54, 1.807) is 0 Å². The number of piperidine rings is 1. The van der Waals surface area contributed by atoms with Crippen molar-refractivity contribution in [3.8, 4) is 0 Å². The molecule has 0 bridgehead atoms. The highest BCUT2D eigenvalue weighted by Gasteiger charge is 2.41. The van der Waals surface area contributed by atoms with Gasteiger partial charge in [-0.3, -0.25) is 4.79 Å². The van der Waals surface area contributed by atoms with Crippen LogP contribution in [0.25, 0.3) is 0 Å². The Labute approximate surface area is 157 Å². The summed E-state index contributed by atoms with van der Waals surface area (Å²) >= 11 is 0. The summed E-state index contributed by atoms with van der Waals surface area (Å²) in [5.41, 5.74) is 0. The number of aliphatic hydroxyl groups is 1. The average Bonchev–Trinajstić information content (AvgIpc) is 3.21. The number of aliphatic hydroxyl groups excluding tert-OH is 1. The second kappa shape index (κ2) is 9.75. The van der Waals surface area contributed by atoms with Gasteiger partial charge < -0.3 is 19.5 Å². The second-order valence-electron chi connectivity index (χ2n) is 7.98. The van der Waals surface area contributed by atoms with Crippen LogP contribution >= 0.6 is 0 Å². The van der Waals surface area contributed by atoms with Crippen LogP contribution in [0.4, 0.5) is 0 Å². The van der Waals surface area contributed by atoms with E-state index in [4.69, 9.17) is 9.47 Å². The molecule has 0 unspecified atom stereocenters. The van der Waals surface area contributed by atoms with Gasteiger partial charge in [0.25, 0.3) is 5.91 Å². The summed E-state index contributed by atoms with van der Waals surface area (Å²) < 4.78 is 12.0. The third kappa shape index (κ3) is 4.61. The standard InChI is InChI=1S/C21H35NO4/c1-2-25-21-17(11-8-14-23)18(16-9-4-5-10-16)15-19(26-21)20(24)22-12-6-3-7-13-22/h15-18,21,23H,2-14H2,1H3/t17-,18+,21+/m1/s1. The number of hydrogen-bond acceptors (Lipinski definition) is 4. The molecule has 2 aliphatic heterocycles. The maximum Gasteiger partial charge on any atom is 0.288 e. The molecule has 0 aromatic heterocycles. The smallest absolute Gasteiger partial charge is 0.288 e. The molecule has 26 heavy (non-hydrogen) atoms. The van der Waals surface area contributed by atoms with Gasteiger partial charge in [-0.2, -0.15) is 0 Å². The summed E-state index contributed by atoms with van der Waals surface area (Å²) in [4.78, 5) is 15.0. The van der Waals surface area contributed by atoms with Gasteiger partial charge in [0.15, 0.2) is 5.76 Å². The lowest BCUT2D eigenvalue weighted by Gasteiger charge is -2.40. The number of nitrogens with zero attached hydrogens (tertiary/aromatic N) is 1. The van der Waals surface area contributed by atoms with Crippen LogP contribution in [0, 0.1) is 17.8 Å². The van der Waals surface area contributed by atoms with Crippen LogP contribution in [0.3, 0.4) is 0 Å². The molecule has 1 aliphatic carbocycles. The van der Waals surface area contributed by atoms with Crippen LogP contribution < -0.4 is 0 Å². The first-order chi connectivity index (χ1) is 12.7. The summed E-state index contributed by atoms with van der Waals surface area (Å²) in [6.07, 6.45) is 11.7. The van der Waals surface area contributed by atoms with Gasteiger partial charge in [-0.05, 0) is 69.8 Å². The molecule has 1 saturated carbocycles. The third-order valence-electron chi connectivity index (χ3n) is 6.26. The van der Waals surface area contributed by atoms with Gasteiger partial charge in [-0.15, -0.1) is 0 Å². The molecule has 0 aromatic rings. The molecule has 1 saturated heterocycles. The molecule has 3 aliphatic rings. The van der Waals surface area contributed by atoms with Gasteiger partial charge in [0.2, 0.25) is 6.29 Å². The predicted octanol–water partition coefficient (Wildman–Crippen LogP) is 3.47. The lowest BCUT2D eigenvalue weighted by atomic mass is 9.76. The minimum atomic E-state index is -0.370. The molecular formula is C21H35NO4. The highest BCUT2D eigenvalue weighted by Crippen LogP contribution is 2.43. The highest BCUT2D eigenvalue weighted by molar-refractivity contribution is 5.91. The molecule has 5 heteroatoms. The molecule has 0 radical (unpaired) electrons. The quantitative estimate of drug-likeness (QED) is 0.750. The van der Waals surface area contributed by atoms with E-state index >= 15 is 0 Å². The SMILES string of the molecule is CCO[C@H]1OC(C(=O)N2CCCCC2)=C[C@@H](C2CCCC2)[C@H]1CCCO. The largest absolute Gasteiger partial charge is 0.459 e. The van der Waals surface area contributed by atoms with Gasteiger partial charge in [-0.25, -0.2) is 0 Å². The first kappa shape index (κ1) is 19.7. The Morgan fingerprint density at radius 3 is 2.62 bits per heavy atom. The van der Waals surface area contributed by atoms with E-state index in [0.29, 0.717) is 24.2 Å². The van der Waals surface area contributed by atoms with Crippen LogP contribution in [0.15, 0.2) is 11.8 Å². The van der Waals surface area contributed by atoms with Crippen molar-refractivity contribution >= 4 is 5.91 Å². The van der Waals surface area contributed by atoms with Crippen molar-refractivity contribution in [3.05, 3.63) is 11.8 Å². The number of likely N-dealkylation sites (tertiary alicyclic amines) is 1. The monoisotopic (exact) mass is 365 g/mol. The first-order valence-corrected chi connectivity index (χ1v) is 10.6. The fraction of sp³-hybridized carbons (Fsp3) is 0.857. The van der Waals surface area contributed by atoms with Gasteiger partial charge in [0, 0.05) is 32.2 Å². The van der Waals surface area contributed by atoms with E-state index in [-0.39, 0.29) is 24.7 Å². The van der Waals surface area contributed by atoms with Crippen molar-refractivity contribution in [2.24, 2.45) is 17.8 Å². The zero-order valence-corrected chi connectivity index (χ0v) is 16.2. The molecule has 5 nitrogen and oxygen atoms in total. The van der Waals surface area contributed by atoms with Crippen molar-refractivity contribution in [3.63, 3.8) is 0 Å². The molecule has 2 fully saturated rings. The maximum atomic E-state index is 13.0. The van der Waals surface area contributed by atoms with Crippen LogP contribution in [0.5, 0.6) is 0 Å². The molecule has 1 N–H and O–H groups in total. The molecular weight excluding hydrogens is 330 g/mol. The number of carbonyl (C=O) groups excluding carboxylic acids is 1. The van der Waals surface area contributed by atoms with E-state index in [0.717, 1.165) is 38.8 Å². The minimum absolute atomic E-state index is 0.0398. The van der Waals surface area contributed by atoms with E-state index in [9.17, 15) is 9.90 Å². The maximum absolute atomic E-state index is 13.0. The topological polar surface area (TPSA) is 59.0 Å². The van der Waals surface area contributed by atoms with E-state index < -0.39 is 0 Å². The molecule has 0 spiro atoms. The fourth-order valence-electron chi connectivity index (χ4n) is 4.91. The Hall–Kier alpha value is -1.07. The average molecular weight is 366 g/mol. The predicted molar refractivity (Wildman–Crippen MR) is 100 cm³/mol. The van der Waals surface area contributed by atoms with Gasteiger partial charge in [0.05, 0.1) is 0 Å². The summed E-state index contributed by atoms with van der Waals surface area (Å²) in [6, 6.07) is 0. The Morgan fingerprint density at radius 1 is 1.23 bits per heavy atom. The van der Waals surface area contributed by atoms with E-state index in [2.05, 4.69) is 6.08 Å². The van der Waals surface area contributed by atoms with Crippen molar-refractivity contribution < 1.29 is 19.4 Å². The first-order valence-electron chi connectivity index (χ1n) is 10.6. The fourth-order valence-corrected chi connectivity index (χ4v) is 4.91. The number of rotatable bonds is 7. The van der Waals surface area contributed by atoms with Gasteiger partial charge >= 0.3 is 0 Å². The summed E-state index contributed by atoms with van der Waals surface area (Å²) in [6.45, 7) is 4.40. The zero-order chi connectivity index (χ0) is 18.4. The number of allylic oxidation sites excluding steroid dienone is 1. The van der Waals surface area contributed by atoms with Crippen LogP contribution in [-0.4, -0.2) is 48.5 Å². The molecule has 1 amide bonds. The summed E-state index contributed by atoms with van der Waals surface area (Å²) in [5.74, 6) is 1.69. The zero-order valence-electron chi connectivity index (χ0n) is 16.2. The lowest BCUT2D eigenvalue weighted by Crippen LogP contribution is -2.43. The number of ether oxygens (including phenoxy) is 2. The molecule has 3 atom stereocenters. The Kier molecular flexibility index (Phi) is 7.38. The van der Waals surface area contributed by atoms with E-state index in [1.165, 1.54) is 32.1 Å². The Balaban J connectivity index is 1.81. The van der Waals surface area contributed by atoms with Crippen molar-refractivity contribution in [1.29, 1.82) is 0 Å². The van der Waals surface area contributed by atoms with Crippen LogP contribution in [0.2, 0.25) is 0 Å². The third-order valence-corrected chi connectivity index (χ3v) is 6.26. The van der Waals surface area contributed by atoms with Crippen molar-refractivity contribution in [2.45, 2.75) is 71.0 Å². The van der Waals surface area contributed by atoms with Gasteiger partial charge in [0.1, 0.15) is 0 Å². The Bertz CT molecular complexity index is 480. The van der Waals surface area contributed by atoms with Crippen molar-refractivity contribution in [2.75, 3.05) is 26.3 Å². The number of hydrogen-bond donors (Lipinski definition) is 1. The van der Waals surface area contributed by atoms with Crippen LogP contribution in [0.1, 0.15) is 64.7 Å². The number of amides is 1. The number of carbonyl (C=O) groups is 1.